The predicted molar refractivity (Wildman–Crippen MR) is 129 cm³/mol. The average Bonchev–Trinajstić information content (AvgIpc) is 3.55. The van der Waals surface area contributed by atoms with Gasteiger partial charge in [0.05, 0.1) is 15.9 Å². The number of halogens is 2. The van der Waals surface area contributed by atoms with Crippen LogP contribution in [0.1, 0.15) is 26.2 Å². The molecule has 1 N–H and O–H groups in total. The van der Waals surface area contributed by atoms with Crippen LogP contribution in [0.15, 0.2) is 35.3 Å². The Balaban J connectivity index is 0.000000189. The van der Waals surface area contributed by atoms with Gasteiger partial charge in [-0.3, -0.25) is 0 Å². The number of likely N-dealkylation sites (tertiary alicyclic amines) is 1. The van der Waals surface area contributed by atoms with Crippen molar-refractivity contribution in [1.29, 1.82) is 0 Å². The van der Waals surface area contributed by atoms with Crippen molar-refractivity contribution in [2.45, 2.75) is 32.2 Å². The number of anilines is 2. The molecule has 3 aromatic heterocycles. The molecule has 5 rings (SSSR count). The Hall–Kier alpha value is -2.20. The number of nitrogens with zero attached hydrogens (tertiary/aromatic N) is 3. The van der Waals surface area contributed by atoms with E-state index in [1.54, 1.807) is 19.4 Å². The number of pyridine rings is 1. The maximum absolute atomic E-state index is 14.4. The van der Waals surface area contributed by atoms with Gasteiger partial charge in [-0.15, -0.1) is 22.7 Å². The van der Waals surface area contributed by atoms with Crippen LogP contribution in [0.4, 0.5) is 20.2 Å². The van der Waals surface area contributed by atoms with E-state index in [0.717, 1.165) is 22.9 Å². The smallest absolute Gasteiger partial charge is 0.176 e. The topological polar surface area (TPSA) is 50.3 Å². The second-order valence-electron chi connectivity index (χ2n) is 7.58. The van der Waals surface area contributed by atoms with Crippen molar-refractivity contribution in [2.24, 2.45) is 0 Å². The molecule has 0 bridgehead atoms. The van der Waals surface area contributed by atoms with Gasteiger partial charge in [0.25, 0.3) is 0 Å². The van der Waals surface area contributed by atoms with Crippen molar-refractivity contribution in [3.8, 4) is 0 Å². The lowest BCUT2D eigenvalue weighted by Gasteiger charge is -2.21. The van der Waals surface area contributed by atoms with Gasteiger partial charge in [-0.1, -0.05) is 6.92 Å². The zero-order valence-electron chi connectivity index (χ0n) is 18.1. The standard InChI is InChI=1S/C14H7F2N3S2.C9H19NO/c15-8-5-10-13(18-6-21-10)11(16)12(8)19-9-1-3-17-14-7(9)2-4-20-14;1-3-10-7-4-5-9(10)6-8-11-2/h1-6H,(H,17,19);9H,3-8H2,1-2H3. The van der Waals surface area contributed by atoms with Crippen molar-refractivity contribution < 1.29 is 13.5 Å². The van der Waals surface area contributed by atoms with Crippen molar-refractivity contribution in [2.75, 3.05) is 32.1 Å². The quantitative estimate of drug-likeness (QED) is 0.347. The Bertz CT molecular complexity index is 1180. The molecule has 0 spiro atoms. The van der Waals surface area contributed by atoms with E-state index in [-0.39, 0.29) is 11.2 Å². The third-order valence-electron chi connectivity index (χ3n) is 5.71. The summed E-state index contributed by atoms with van der Waals surface area (Å²) in [5.41, 5.74) is 2.11. The van der Waals surface area contributed by atoms with Crippen molar-refractivity contribution in [3.63, 3.8) is 0 Å². The largest absolute Gasteiger partial charge is 0.385 e. The first kappa shape index (κ1) is 23.0. The number of methoxy groups -OCH3 is 1. The van der Waals surface area contributed by atoms with Gasteiger partial charge in [-0.25, -0.2) is 18.7 Å². The molecule has 4 heterocycles. The van der Waals surface area contributed by atoms with Gasteiger partial charge >= 0.3 is 0 Å². The van der Waals surface area contributed by atoms with E-state index in [9.17, 15) is 8.78 Å². The highest BCUT2D eigenvalue weighted by atomic mass is 32.1. The fourth-order valence-corrected chi connectivity index (χ4v) is 5.52. The van der Waals surface area contributed by atoms with Crippen LogP contribution >= 0.6 is 22.7 Å². The summed E-state index contributed by atoms with van der Waals surface area (Å²) in [5, 5.41) is 5.55. The van der Waals surface area contributed by atoms with Gasteiger partial charge in [0.15, 0.2) is 11.6 Å². The molecule has 1 saturated heterocycles. The Morgan fingerprint density at radius 2 is 2.12 bits per heavy atom. The monoisotopic (exact) mass is 476 g/mol. The predicted octanol–water partition coefficient (Wildman–Crippen LogP) is 6.44. The number of hydrogen-bond donors (Lipinski definition) is 1. The van der Waals surface area contributed by atoms with Crippen LogP contribution in [0.25, 0.3) is 20.4 Å². The Morgan fingerprint density at radius 3 is 2.94 bits per heavy atom. The molecule has 9 heteroatoms. The van der Waals surface area contributed by atoms with E-state index < -0.39 is 11.6 Å². The number of thiophene rings is 1. The van der Waals surface area contributed by atoms with Gasteiger partial charge in [-0.2, -0.15) is 0 Å². The first-order valence-electron chi connectivity index (χ1n) is 10.7. The second-order valence-corrected chi connectivity index (χ2v) is 9.36. The minimum absolute atomic E-state index is 0.180. The summed E-state index contributed by atoms with van der Waals surface area (Å²) >= 11 is 2.68. The summed E-state index contributed by atoms with van der Waals surface area (Å²) in [6.45, 7) is 5.66. The molecule has 4 aromatic rings. The molecule has 170 valence electrons. The van der Waals surface area contributed by atoms with E-state index in [4.69, 9.17) is 4.74 Å². The molecule has 1 aromatic carbocycles. The fourth-order valence-electron chi connectivity index (χ4n) is 4.06. The van der Waals surface area contributed by atoms with Gasteiger partial charge in [0, 0.05) is 31.3 Å². The van der Waals surface area contributed by atoms with E-state index in [0.29, 0.717) is 10.4 Å². The van der Waals surface area contributed by atoms with Gasteiger partial charge in [0.1, 0.15) is 16.0 Å². The normalized spacial score (nSPS) is 16.4. The summed E-state index contributed by atoms with van der Waals surface area (Å²) in [7, 11) is 1.78. The lowest BCUT2D eigenvalue weighted by atomic mass is 10.1. The number of thiazole rings is 1. The lowest BCUT2D eigenvalue weighted by Crippen LogP contribution is -2.29. The molecule has 1 aliphatic rings. The third kappa shape index (κ3) is 4.91. The summed E-state index contributed by atoms with van der Waals surface area (Å²) in [6, 6.07) is 5.66. The van der Waals surface area contributed by atoms with Crippen LogP contribution in [-0.2, 0) is 4.74 Å². The molecule has 1 fully saturated rings. The number of fused-ring (bicyclic) bond motifs is 2. The van der Waals surface area contributed by atoms with Crippen molar-refractivity contribution in [3.05, 3.63) is 46.9 Å². The summed E-state index contributed by atoms with van der Waals surface area (Å²) in [5.74, 6) is -1.31. The molecular weight excluding hydrogens is 450 g/mol. The molecule has 5 nitrogen and oxygen atoms in total. The minimum Gasteiger partial charge on any atom is -0.385 e. The third-order valence-corrected chi connectivity index (χ3v) is 7.30. The number of aromatic nitrogens is 2. The molecule has 0 amide bonds. The summed E-state index contributed by atoms with van der Waals surface area (Å²) in [4.78, 5) is 11.5. The van der Waals surface area contributed by atoms with E-state index in [1.807, 2.05) is 11.4 Å². The highest BCUT2D eigenvalue weighted by molar-refractivity contribution is 7.17. The Morgan fingerprint density at radius 1 is 1.25 bits per heavy atom. The SMILES string of the molecule is CCN1CCCC1CCOC.Fc1cc2scnc2c(F)c1Nc1ccnc2sccc12. The molecule has 0 aliphatic carbocycles. The molecule has 1 atom stereocenters. The number of benzene rings is 1. The molecule has 1 unspecified atom stereocenters. The Labute approximate surface area is 194 Å². The second kappa shape index (κ2) is 10.6. The minimum atomic E-state index is -0.675. The van der Waals surface area contributed by atoms with Gasteiger partial charge in [0.2, 0.25) is 0 Å². The number of hydrogen-bond acceptors (Lipinski definition) is 7. The molecule has 1 aliphatic heterocycles. The Kier molecular flexibility index (Phi) is 7.62. The summed E-state index contributed by atoms with van der Waals surface area (Å²) < 4.78 is 34.1. The van der Waals surface area contributed by atoms with E-state index in [1.165, 1.54) is 66.6 Å². The van der Waals surface area contributed by atoms with Crippen LogP contribution in [0.5, 0.6) is 0 Å². The number of ether oxygens (including phenoxy) is 1. The molecule has 0 radical (unpaired) electrons. The first-order chi connectivity index (χ1) is 15.6. The van der Waals surface area contributed by atoms with Gasteiger partial charge in [-0.05, 0) is 55.9 Å². The number of nitrogens with one attached hydrogen (secondary N) is 1. The van der Waals surface area contributed by atoms with Crippen LogP contribution < -0.4 is 5.32 Å². The van der Waals surface area contributed by atoms with Crippen LogP contribution in [0, 0.1) is 11.6 Å². The van der Waals surface area contributed by atoms with E-state index in [2.05, 4.69) is 27.1 Å². The van der Waals surface area contributed by atoms with Crippen LogP contribution in [-0.4, -0.2) is 47.7 Å². The molecular formula is C23H26F2N4OS2. The number of rotatable bonds is 6. The highest BCUT2D eigenvalue weighted by Gasteiger charge is 2.22. The maximum atomic E-state index is 14.4. The lowest BCUT2D eigenvalue weighted by molar-refractivity contribution is 0.155. The maximum Gasteiger partial charge on any atom is 0.176 e. The van der Waals surface area contributed by atoms with Gasteiger partial charge < -0.3 is 15.0 Å². The first-order valence-corrected chi connectivity index (χ1v) is 12.4. The van der Waals surface area contributed by atoms with Crippen molar-refractivity contribution >= 4 is 54.5 Å². The molecule has 0 saturated carbocycles. The zero-order chi connectivity index (χ0) is 22.5. The van der Waals surface area contributed by atoms with Crippen molar-refractivity contribution in [1.82, 2.24) is 14.9 Å². The highest BCUT2D eigenvalue weighted by Crippen LogP contribution is 2.34. The van der Waals surface area contributed by atoms with Crippen LogP contribution in [0.2, 0.25) is 0 Å². The van der Waals surface area contributed by atoms with E-state index >= 15 is 0 Å². The average molecular weight is 477 g/mol. The zero-order valence-corrected chi connectivity index (χ0v) is 19.7. The summed E-state index contributed by atoms with van der Waals surface area (Å²) in [6.07, 6.45) is 5.57. The fraction of sp³-hybridized carbons (Fsp3) is 0.391. The van der Waals surface area contributed by atoms with Crippen LogP contribution in [0.3, 0.4) is 0 Å². The molecule has 32 heavy (non-hydrogen) atoms.